The highest BCUT2D eigenvalue weighted by Gasteiger charge is 2.32. The van der Waals surface area contributed by atoms with E-state index in [0.29, 0.717) is 30.2 Å². The average Bonchev–Trinajstić information content (AvgIpc) is 2.84. The Morgan fingerprint density at radius 2 is 1.88 bits per heavy atom. The fourth-order valence-corrected chi connectivity index (χ4v) is 5.53. The van der Waals surface area contributed by atoms with Crippen LogP contribution in [0.25, 0.3) is 5.70 Å². The molecule has 4 rings (SSSR count). The number of likely N-dealkylation sites (tertiary alicyclic amines) is 1. The third kappa shape index (κ3) is 6.23. The number of nitrogens with one attached hydrogen (secondary N) is 1. The third-order valence-corrected chi connectivity index (χ3v) is 7.51. The highest BCUT2D eigenvalue weighted by atomic mass is 35.5. The molecule has 2 aromatic rings. The van der Waals surface area contributed by atoms with Crippen LogP contribution in [0.15, 0.2) is 43.1 Å². The van der Waals surface area contributed by atoms with Crippen LogP contribution in [0.3, 0.4) is 0 Å². The summed E-state index contributed by atoms with van der Waals surface area (Å²) in [5.41, 5.74) is 8.60. The molecule has 184 valence electrons. The molecule has 0 aliphatic carbocycles. The van der Waals surface area contributed by atoms with Crippen LogP contribution in [0, 0.1) is 0 Å². The van der Waals surface area contributed by atoms with Crippen molar-refractivity contribution >= 4 is 34.7 Å². The lowest BCUT2D eigenvalue weighted by atomic mass is 9.99. The monoisotopic (exact) mass is 502 g/mol. The van der Waals surface area contributed by atoms with E-state index in [4.69, 9.17) is 28.9 Å². The van der Waals surface area contributed by atoms with E-state index in [1.165, 1.54) is 18.4 Å². The number of nitrogens with zero attached hydrogens (tertiary/aromatic N) is 4. The summed E-state index contributed by atoms with van der Waals surface area (Å²) < 4.78 is 0. The van der Waals surface area contributed by atoms with Crippen molar-refractivity contribution < 1.29 is 0 Å². The molecule has 0 unspecified atom stereocenters. The van der Waals surface area contributed by atoms with Crippen LogP contribution < -0.4 is 16.0 Å². The lowest BCUT2D eigenvalue weighted by molar-refractivity contribution is 0.0690. The van der Waals surface area contributed by atoms with Gasteiger partial charge in [0.25, 0.3) is 0 Å². The highest BCUT2D eigenvalue weighted by Crippen LogP contribution is 2.29. The number of halogens is 2. The molecule has 0 saturated carbocycles. The summed E-state index contributed by atoms with van der Waals surface area (Å²) in [4.78, 5) is 12.3. The molecule has 3 N–H and O–H groups in total. The molecule has 6 nitrogen and oxygen atoms in total. The molecule has 1 atom stereocenters. The van der Waals surface area contributed by atoms with Crippen LogP contribution >= 0.6 is 23.2 Å². The van der Waals surface area contributed by atoms with Crippen molar-refractivity contribution in [2.75, 3.05) is 50.7 Å². The number of hydrogen-bond acceptors (Lipinski definition) is 6. The number of piperidine rings is 1. The quantitative estimate of drug-likeness (QED) is 0.566. The van der Waals surface area contributed by atoms with E-state index >= 15 is 0 Å². The van der Waals surface area contributed by atoms with Crippen LogP contribution in [0.1, 0.15) is 30.9 Å². The highest BCUT2D eigenvalue weighted by molar-refractivity contribution is 6.33. The molecule has 1 aromatic heterocycles. The molecule has 34 heavy (non-hydrogen) atoms. The average molecular weight is 504 g/mol. The van der Waals surface area contributed by atoms with Gasteiger partial charge in [0, 0.05) is 73.8 Å². The smallest absolute Gasteiger partial charge is 0.147 e. The van der Waals surface area contributed by atoms with E-state index in [-0.39, 0.29) is 0 Å². The second-order valence-electron chi connectivity index (χ2n) is 9.39. The Morgan fingerprint density at radius 3 is 2.53 bits per heavy atom. The molecule has 0 radical (unpaired) electrons. The maximum absolute atomic E-state index is 6.64. The number of piperazine rings is 1. The van der Waals surface area contributed by atoms with E-state index < -0.39 is 0 Å². The number of benzene rings is 1. The van der Waals surface area contributed by atoms with Gasteiger partial charge in [0.05, 0.1) is 5.02 Å². The Balaban J connectivity index is 1.29. The molecule has 1 aromatic carbocycles. The Hall–Kier alpha value is -1.83. The molecule has 0 spiro atoms. The number of aromatic nitrogens is 1. The maximum atomic E-state index is 6.64. The van der Waals surface area contributed by atoms with E-state index in [1.807, 2.05) is 24.4 Å². The Labute approximate surface area is 213 Å². The Bertz CT molecular complexity index is 958. The first-order valence-corrected chi connectivity index (χ1v) is 13.0. The van der Waals surface area contributed by atoms with Gasteiger partial charge in [-0.15, -0.1) is 0 Å². The fourth-order valence-electron chi connectivity index (χ4n) is 5.12. The van der Waals surface area contributed by atoms with Crippen LogP contribution in [-0.4, -0.2) is 72.7 Å². The predicted molar refractivity (Wildman–Crippen MR) is 143 cm³/mol. The summed E-state index contributed by atoms with van der Waals surface area (Å²) in [6, 6.07) is 11.3. The predicted octanol–water partition coefficient (Wildman–Crippen LogP) is 4.08. The van der Waals surface area contributed by atoms with Crippen molar-refractivity contribution in [3.63, 3.8) is 0 Å². The van der Waals surface area contributed by atoms with E-state index in [2.05, 4.69) is 50.6 Å². The fraction of sp³-hybridized carbons (Fsp3) is 0.500. The molecule has 3 heterocycles. The zero-order valence-electron chi connectivity index (χ0n) is 20.0. The van der Waals surface area contributed by atoms with Gasteiger partial charge in [-0.3, -0.25) is 9.80 Å². The van der Waals surface area contributed by atoms with Gasteiger partial charge in [0.15, 0.2) is 0 Å². The second-order valence-corrected chi connectivity index (χ2v) is 10.2. The van der Waals surface area contributed by atoms with Crippen LogP contribution in [0.4, 0.5) is 5.82 Å². The van der Waals surface area contributed by atoms with Crippen LogP contribution in [0.5, 0.6) is 0 Å². The first-order chi connectivity index (χ1) is 16.4. The maximum Gasteiger partial charge on any atom is 0.147 e. The zero-order valence-corrected chi connectivity index (χ0v) is 21.5. The first-order valence-electron chi connectivity index (χ1n) is 12.2. The molecule has 0 amide bonds. The van der Waals surface area contributed by atoms with Gasteiger partial charge in [-0.05, 0) is 56.6 Å². The number of pyridine rings is 1. The van der Waals surface area contributed by atoms with Gasteiger partial charge in [-0.1, -0.05) is 41.9 Å². The van der Waals surface area contributed by atoms with Crippen molar-refractivity contribution in [2.45, 2.75) is 38.4 Å². The van der Waals surface area contributed by atoms with E-state index in [9.17, 15) is 0 Å². The lowest BCUT2D eigenvalue weighted by Crippen LogP contribution is -2.57. The molecule has 0 bridgehead atoms. The summed E-state index contributed by atoms with van der Waals surface area (Å²) in [6.07, 6.45) is 4.27. The SMILES string of the molecule is C=C(NCCN)c1cnc(N2CCN(C3CCN(Cc4ccc(Cl)cc4)CC3)[C@@H](C)C2)c(Cl)c1. The minimum absolute atomic E-state index is 0.459. The molecule has 8 heteroatoms. The van der Waals surface area contributed by atoms with Crippen molar-refractivity contribution in [3.05, 3.63) is 64.3 Å². The van der Waals surface area contributed by atoms with E-state index in [1.54, 1.807) is 0 Å². The number of rotatable bonds is 8. The van der Waals surface area contributed by atoms with Gasteiger partial charge in [-0.25, -0.2) is 4.98 Å². The Kier molecular flexibility index (Phi) is 8.72. The van der Waals surface area contributed by atoms with Crippen molar-refractivity contribution in [3.8, 4) is 0 Å². The molecular weight excluding hydrogens is 467 g/mol. The third-order valence-electron chi connectivity index (χ3n) is 6.98. The number of nitrogens with two attached hydrogens (primary N) is 1. The molecular formula is C26H36Cl2N6. The normalized spacial score (nSPS) is 20.5. The van der Waals surface area contributed by atoms with E-state index in [0.717, 1.165) is 61.4 Å². The number of anilines is 1. The van der Waals surface area contributed by atoms with Gasteiger partial charge >= 0.3 is 0 Å². The van der Waals surface area contributed by atoms with Gasteiger partial charge in [0.2, 0.25) is 0 Å². The van der Waals surface area contributed by atoms with Crippen molar-refractivity contribution in [1.29, 1.82) is 0 Å². The molecule has 2 saturated heterocycles. The first kappa shape index (κ1) is 25.3. The number of hydrogen-bond donors (Lipinski definition) is 2. The zero-order chi connectivity index (χ0) is 24.1. The van der Waals surface area contributed by atoms with Crippen molar-refractivity contribution in [1.82, 2.24) is 20.1 Å². The van der Waals surface area contributed by atoms with Crippen LogP contribution in [0.2, 0.25) is 10.0 Å². The topological polar surface area (TPSA) is 60.7 Å². The second kappa shape index (κ2) is 11.7. The van der Waals surface area contributed by atoms with Gasteiger partial charge in [-0.2, -0.15) is 0 Å². The summed E-state index contributed by atoms with van der Waals surface area (Å²) in [5, 5.41) is 4.67. The Morgan fingerprint density at radius 1 is 1.15 bits per heavy atom. The largest absolute Gasteiger partial charge is 0.384 e. The minimum Gasteiger partial charge on any atom is -0.384 e. The van der Waals surface area contributed by atoms with Gasteiger partial charge in [0.1, 0.15) is 5.82 Å². The summed E-state index contributed by atoms with van der Waals surface area (Å²) in [6.45, 7) is 13.8. The lowest BCUT2D eigenvalue weighted by Gasteiger charge is -2.47. The van der Waals surface area contributed by atoms with Crippen LogP contribution in [-0.2, 0) is 6.54 Å². The summed E-state index contributed by atoms with van der Waals surface area (Å²) in [7, 11) is 0. The minimum atomic E-state index is 0.459. The molecule has 2 fully saturated rings. The standard InChI is InChI=1S/C26H36Cl2N6/c1-19-17-33(26-25(28)15-22(16-31-26)20(2)30-10-9-29)13-14-34(19)24-7-11-32(12-8-24)18-21-3-5-23(27)6-4-21/h3-6,15-16,19,24,30H,2,7-14,17-18,29H2,1H3/t19-/m0/s1. The van der Waals surface area contributed by atoms with Crippen molar-refractivity contribution in [2.24, 2.45) is 5.73 Å². The summed E-state index contributed by atoms with van der Waals surface area (Å²) >= 11 is 12.7. The summed E-state index contributed by atoms with van der Waals surface area (Å²) in [5.74, 6) is 0.862. The molecule has 2 aliphatic heterocycles. The molecule has 2 aliphatic rings. The van der Waals surface area contributed by atoms with Gasteiger partial charge < -0.3 is 16.0 Å².